The Kier molecular flexibility index (Phi) is 2.43. The minimum Gasteiger partial charge on any atom is -0.504 e. The van der Waals surface area contributed by atoms with Crippen LogP contribution in [0.2, 0.25) is 0 Å². The van der Waals surface area contributed by atoms with Gasteiger partial charge in [0.2, 0.25) is 5.75 Å². The van der Waals surface area contributed by atoms with E-state index in [9.17, 15) is 19.5 Å². The van der Waals surface area contributed by atoms with Gasteiger partial charge < -0.3 is 21.1 Å². The Hall–Kier alpha value is -2.21. The molecule has 0 radical (unpaired) electrons. The van der Waals surface area contributed by atoms with Crippen LogP contribution in [0, 0.1) is 0 Å². The van der Waals surface area contributed by atoms with Crippen LogP contribution in [0.1, 0.15) is 11.1 Å². The fourth-order valence-electron chi connectivity index (χ4n) is 2.27. The van der Waals surface area contributed by atoms with Crippen LogP contribution in [-0.2, 0) is 17.2 Å². The van der Waals surface area contributed by atoms with Gasteiger partial charge in [0.25, 0.3) is 0 Å². The highest BCUT2D eigenvalue weighted by molar-refractivity contribution is 7.85. The van der Waals surface area contributed by atoms with Crippen molar-refractivity contribution in [3.05, 3.63) is 35.4 Å². The van der Waals surface area contributed by atoms with Crippen molar-refractivity contribution in [2.24, 2.45) is 0 Å². The molecule has 1 atom stereocenters. The first kappa shape index (κ1) is 11.9. The first-order chi connectivity index (χ1) is 9.02. The average Bonchev–Trinajstić information content (AvgIpc) is 2.43. The topological polar surface area (TPSA) is 104 Å². The first-order valence-corrected chi connectivity index (χ1v) is 6.72. The first-order valence-electron chi connectivity index (χ1n) is 5.57. The Morgan fingerprint density at radius 1 is 1.05 bits per heavy atom. The quantitative estimate of drug-likeness (QED) is 0.283. The van der Waals surface area contributed by atoms with E-state index in [0.29, 0.717) is 16.9 Å². The van der Waals surface area contributed by atoms with Crippen LogP contribution in [0.4, 0.5) is 5.69 Å². The Morgan fingerprint density at radius 2 is 1.74 bits per heavy atom. The highest BCUT2D eigenvalue weighted by Crippen LogP contribution is 2.49. The summed E-state index contributed by atoms with van der Waals surface area (Å²) < 4.78 is 12.5. The molecule has 0 spiro atoms. The summed E-state index contributed by atoms with van der Waals surface area (Å²) in [6.45, 7) is 0. The lowest BCUT2D eigenvalue weighted by atomic mass is 10.0. The molecule has 6 heteroatoms. The second-order valence-electron chi connectivity index (χ2n) is 4.32. The Labute approximate surface area is 111 Å². The molecule has 2 aromatic carbocycles. The maximum atomic E-state index is 12.5. The van der Waals surface area contributed by atoms with Crippen molar-refractivity contribution in [2.45, 2.75) is 16.2 Å². The number of hydrogen-bond donors (Lipinski definition) is 4. The summed E-state index contributed by atoms with van der Waals surface area (Å²) in [5.41, 5.74) is 6.65. The molecule has 3 rings (SSSR count). The van der Waals surface area contributed by atoms with Gasteiger partial charge >= 0.3 is 0 Å². The van der Waals surface area contributed by atoms with Crippen LogP contribution in [-0.4, -0.2) is 19.5 Å². The summed E-state index contributed by atoms with van der Waals surface area (Å²) in [5.74, 6) is -1.78. The normalized spacial score (nSPS) is 16.7. The molecule has 98 valence electrons. The molecular weight excluding hydrogens is 266 g/mol. The predicted molar refractivity (Wildman–Crippen MR) is 69.8 cm³/mol. The molecule has 19 heavy (non-hydrogen) atoms. The number of hydrogen-bond acceptors (Lipinski definition) is 5. The Balaban J connectivity index is 2.35. The third-order valence-corrected chi connectivity index (χ3v) is 4.87. The molecular formula is C13H11NO4S. The standard InChI is InChI=1S/C13H11NO4S/c14-9-11(16)12(17)10(15)7-5-6-3-1-2-4-8(6)19(18)13(7)9/h1-4,15-17H,5,14H2. The van der Waals surface area contributed by atoms with E-state index in [1.165, 1.54) is 0 Å². The largest absolute Gasteiger partial charge is 0.504 e. The van der Waals surface area contributed by atoms with Gasteiger partial charge in [0.1, 0.15) is 0 Å². The number of anilines is 1. The van der Waals surface area contributed by atoms with E-state index in [-0.39, 0.29) is 10.6 Å². The lowest BCUT2D eigenvalue weighted by Gasteiger charge is -2.22. The number of fused-ring (bicyclic) bond motifs is 2. The number of rotatable bonds is 0. The third-order valence-electron chi connectivity index (χ3n) is 3.23. The number of phenolic OH excluding ortho intramolecular Hbond substituents is 3. The van der Waals surface area contributed by atoms with Crippen LogP contribution in [0.25, 0.3) is 0 Å². The zero-order chi connectivity index (χ0) is 13.7. The minimum atomic E-state index is -1.59. The molecule has 1 aliphatic heterocycles. The van der Waals surface area contributed by atoms with Gasteiger partial charge in [-0.2, -0.15) is 0 Å². The van der Waals surface area contributed by atoms with Gasteiger partial charge in [0.15, 0.2) is 11.5 Å². The van der Waals surface area contributed by atoms with E-state index in [0.717, 1.165) is 5.56 Å². The van der Waals surface area contributed by atoms with Gasteiger partial charge in [-0.3, -0.25) is 0 Å². The molecule has 0 saturated carbocycles. The van der Waals surface area contributed by atoms with Crippen LogP contribution < -0.4 is 5.73 Å². The SMILES string of the molecule is Nc1c(O)c(O)c(O)c2c1S(=O)c1ccccc1C2. The summed E-state index contributed by atoms with van der Waals surface area (Å²) in [7, 11) is -1.59. The Morgan fingerprint density at radius 3 is 2.47 bits per heavy atom. The number of nitrogen functional groups attached to an aromatic ring is 1. The zero-order valence-corrected chi connectivity index (χ0v) is 10.6. The maximum Gasteiger partial charge on any atom is 0.202 e. The van der Waals surface area contributed by atoms with Gasteiger partial charge in [0, 0.05) is 16.9 Å². The predicted octanol–water partition coefficient (Wildman–Crippen LogP) is 1.46. The molecule has 1 aliphatic rings. The highest BCUT2D eigenvalue weighted by atomic mass is 32.2. The molecule has 0 aliphatic carbocycles. The van der Waals surface area contributed by atoms with E-state index >= 15 is 0 Å². The number of phenols is 3. The van der Waals surface area contributed by atoms with Gasteiger partial charge in [-0.15, -0.1) is 0 Å². The number of benzene rings is 2. The van der Waals surface area contributed by atoms with E-state index in [2.05, 4.69) is 0 Å². The summed E-state index contributed by atoms with van der Waals surface area (Å²) in [4.78, 5) is 0.776. The maximum absolute atomic E-state index is 12.5. The van der Waals surface area contributed by atoms with E-state index in [1.54, 1.807) is 18.2 Å². The molecule has 1 heterocycles. The second-order valence-corrected chi connectivity index (χ2v) is 5.71. The van der Waals surface area contributed by atoms with Crippen molar-refractivity contribution < 1.29 is 19.5 Å². The second kappa shape index (κ2) is 3.89. The van der Waals surface area contributed by atoms with Crippen molar-refractivity contribution in [2.75, 3.05) is 5.73 Å². The van der Waals surface area contributed by atoms with Gasteiger partial charge in [0.05, 0.1) is 21.4 Å². The molecule has 0 fully saturated rings. The summed E-state index contributed by atoms with van der Waals surface area (Å²) in [5, 5.41) is 29.1. The molecule has 0 amide bonds. The smallest absolute Gasteiger partial charge is 0.202 e. The molecule has 1 unspecified atom stereocenters. The van der Waals surface area contributed by atoms with Crippen LogP contribution in [0.3, 0.4) is 0 Å². The number of nitrogens with two attached hydrogens (primary N) is 1. The third kappa shape index (κ3) is 1.50. The van der Waals surface area contributed by atoms with Crippen molar-refractivity contribution in [1.82, 2.24) is 0 Å². The highest BCUT2D eigenvalue weighted by Gasteiger charge is 2.30. The summed E-state index contributed by atoms with van der Waals surface area (Å²) in [6.07, 6.45) is 0.307. The van der Waals surface area contributed by atoms with Gasteiger partial charge in [-0.1, -0.05) is 18.2 Å². The fourth-order valence-corrected chi connectivity index (χ4v) is 3.76. The zero-order valence-electron chi connectivity index (χ0n) is 9.75. The molecule has 0 bridgehead atoms. The lowest BCUT2D eigenvalue weighted by molar-refractivity contribution is 0.364. The average molecular weight is 277 g/mol. The molecule has 0 saturated heterocycles. The molecule has 2 aromatic rings. The van der Waals surface area contributed by atoms with Gasteiger partial charge in [-0.25, -0.2) is 4.21 Å². The lowest BCUT2D eigenvalue weighted by Crippen LogP contribution is -2.12. The molecule has 5 nitrogen and oxygen atoms in total. The van der Waals surface area contributed by atoms with Crippen LogP contribution in [0.5, 0.6) is 17.2 Å². The summed E-state index contributed by atoms with van der Waals surface area (Å²) >= 11 is 0. The molecule has 5 N–H and O–H groups in total. The number of aromatic hydroxyl groups is 3. The minimum absolute atomic E-state index is 0.155. The van der Waals surface area contributed by atoms with E-state index in [1.807, 2.05) is 6.07 Å². The fraction of sp³-hybridized carbons (Fsp3) is 0.0769. The molecule has 0 aromatic heterocycles. The van der Waals surface area contributed by atoms with E-state index < -0.39 is 28.0 Å². The van der Waals surface area contributed by atoms with Crippen LogP contribution in [0.15, 0.2) is 34.1 Å². The Bertz CT molecular complexity index is 727. The van der Waals surface area contributed by atoms with Crippen LogP contribution >= 0.6 is 0 Å². The van der Waals surface area contributed by atoms with Gasteiger partial charge in [-0.05, 0) is 11.6 Å². The van der Waals surface area contributed by atoms with Crippen molar-refractivity contribution >= 4 is 16.5 Å². The van der Waals surface area contributed by atoms with Crippen molar-refractivity contribution in [3.63, 3.8) is 0 Å². The summed E-state index contributed by atoms with van der Waals surface area (Å²) in [6, 6.07) is 7.09. The van der Waals surface area contributed by atoms with Crippen molar-refractivity contribution in [3.8, 4) is 17.2 Å². The monoisotopic (exact) mass is 277 g/mol. The van der Waals surface area contributed by atoms with Crippen molar-refractivity contribution in [1.29, 1.82) is 0 Å². The van der Waals surface area contributed by atoms with E-state index in [4.69, 9.17) is 5.73 Å².